The molecule has 5 aliphatic carbocycles. The van der Waals surface area contributed by atoms with E-state index in [-0.39, 0.29) is 82.1 Å². The van der Waals surface area contributed by atoms with Gasteiger partial charge in [0.1, 0.15) is 6.10 Å². The molecule has 10 heteroatoms. The lowest BCUT2D eigenvalue weighted by molar-refractivity contribution is -0.245. The van der Waals surface area contributed by atoms with Crippen LogP contribution in [0.15, 0.2) is 0 Å². The predicted molar refractivity (Wildman–Crippen MR) is 197 cm³/mol. The quantitative estimate of drug-likeness (QED) is 0.329. The Morgan fingerprint density at radius 3 is 2.35 bits per heavy atom. The fourth-order valence-corrected chi connectivity index (χ4v) is 14.3. The Hall–Kier alpha value is -1.46. The summed E-state index contributed by atoms with van der Waals surface area (Å²) in [5.74, 6) is 1.84. The first kappa shape index (κ1) is 37.5. The second-order valence-corrected chi connectivity index (χ2v) is 20.5. The number of carbonyl (C=O) groups is 2. The summed E-state index contributed by atoms with van der Waals surface area (Å²) in [7, 11) is 0. The molecule has 52 heavy (non-hydrogen) atoms. The number of morpholine rings is 1. The van der Waals surface area contributed by atoms with Gasteiger partial charge in [0.25, 0.3) is 0 Å². The summed E-state index contributed by atoms with van der Waals surface area (Å²) in [6.07, 6.45) is 7.67. The first-order valence-electron chi connectivity index (χ1n) is 21.1. The molecule has 3 saturated heterocycles. The first-order valence-corrected chi connectivity index (χ1v) is 21.1. The SMILES string of the molecule is CC(C)CC(=O)N1CCOC(OC2CCC34CC35CCC3(C)C6C(C)CC(C(OC(=O)N7CCC7)C(C)C)OC6C(O)C3(N)C5CCC4C2(C)C)C1. The van der Waals surface area contributed by atoms with E-state index in [0.29, 0.717) is 43.9 Å². The van der Waals surface area contributed by atoms with Crippen LogP contribution in [0.4, 0.5) is 4.79 Å². The summed E-state index contributed by atoms with van der Waals surface area (Å²) >= 11 is 0. The second-order valence-electron chi connectivity index (χ2n) is 20.5. The lowest BCUT2D eigenvalue weighted by Gasteiger charge is -2.63. The molecule has 8 fully saturated rings. The Labute approximate surface area is 312 Å². The molecule has 0 bridgehead atoms. The lowest BCUT2D eigenvalue weighted by Crippen LogP contribution is -2.70. The van der Waals surface area contributed by atoms with Crippen molar-refractivity contribution in [3.05, 3.63) is 0 Å². The van der Waals surface area contributed by atoms with Crippen LogP contribution >= 0.6 is 0 Å². The van der Waals surface area contributed by atoms with Crippen molar-refractivity contribution in [1.29, 1.82) is 0 Å². The summed E-state index contributed by atoms with van der Waals surface area (Å²) in [5, 5.41) is 12.6. The van der Waals surface area contributed by atoms with Crippen molar-refractivity contribution in [3.8, 4) is 0 Å². The summed E-state index contributed by atoms with van der Waals surface area (Å²) in [4.78, 5) is 29.6. The third-order valence-electron chi connectivity index (χ3n) is 16.9. The average molecular weight is 728 g/mol. The molecule has 3 N–H and O–H groups in total. The van der Waals surface area contributed by atoms with Gasteiger partial charge in [-0.3, -0.25) is 4.79 Å². The molecule has 5 saturated carbocycles. The summed E-state index contributed by atoms with van der Waals surface area (Å²) in [6, 6.07) is 0. The highest BCUT2D eigenvalue weighted by Gasteiger charge is 2.85. The van der Waals surface area contributed by atoms with Crippen LogP contribution in [0.3, 0.4) is 0 Å². The van der Waals surface area contributed by atoms with E-state index in [1.165, 1.54) is 6.42 Å². The number of ether oxygens (including phenoxy) is 4. The highest BCUT2D eigenvalue weighted by Crippen LogP contribution is 2.87. The van der Waals surface area contributed by atoms with E-state index in [1.54, 1.807) is 4.90 Å². The highest BCUT2D eigenvalue weighted by molar-refractivity contribution is 5.76. The van der Waals surface area contributed by atoms with Crippen LogP contribution < -0.4 is 5.73 Å². The number of nitrogens with two attached hydrogens (primary N) is 1. The molecule has 294 valence electrons. The van der Waals surface area contributed by atoms with E-state index in [2.05, 4.69) is 55.4 Å². The zero-order chi connectivity index (χ0) is 37.2. The second kappa shape index (κ2) is 12.8. The Kier molecular flexibility index (Phi) is 9.21. The largest absolute Gasteiger partial charge is 0.443 e. The molecule has 0 aromatic rings. The molecule has 3 heterocycles. The maximum atomic E-state index is 13.0. The zero-order valence-corrected chi connectivity index (χ0v) is 33.4. The number of nitrogens with zero attached hydrogens (tertiary/aromatic N) is 2. The number of carbonyl (C=O) groups excluding carboxylic acids is 2. The monoisotopic (exact) mass is 728 g/mol. The van der Waals surface area contributed by atoms with Crippen molar-refractivity contribution >= 4 is 12.0 Å². The van der Waals surface area contributed by atoms with Gasteiger partial charge in [-0.15, -0.1) is 0 Å². The Morgan fingerprint density at radius 2 is 1.67 bits per heavy atom. The Balaban J connectivity index is 0.994. The van der Waals surface area contributed by atoms with Crippen molar-refractivity contribution in [2.24, 2.45) is 62.9 Å². The number of fused-ring (bicyclic) bond motifs is 4. The molecule has 0 radical (unpaired) electrons. The minimum absolute atomic E-state index is 0.0463. The number of rotatable bonds is 7. The fourth-order valence-electron chi connectivity index (χ4n) is 14.3. The van der Waals surface area contributed by atoms with Gasteiger partial charge in [0.05, 0.1) is 43.1 Å². The molecular weight excluding hydrogens is 658 g/mol. The van der Waals surface area contributed by atoms with Gasteiger partial charge in [0.15, 0.2) is 6.29 Å². The molecular formula is C42H69N3O7. The van der Waals surface area contributed by atoms with Gasteiger partial charge in [-0.25, -0.2) is 4.79 Å². The molecule has 8 rings (SSSR count). The summed E-state index contributed by atoms with van der Waals surface area (Å²) < 4.78 is 26.1. The number of aliphatic hydroxyl groups excluding tert-OH is 1. The van der Waals surface area contributed by atoms with Gasteiger partial charge in [0.2, 0.25) is 5.91 Å². The maximum Gasteiger partial charge on any atom is 0.410 e. The topological polar surface area (TPSA) is 124 Å². The smallest absolute Gasteiger partial charge is 0.410 e. The third kappa shape index (κ3) is 5.25. The molecule has 10 nitrogen and oxygen atoms in total. The van der Waals surface area contributed by atoms with E-state index in [0.717, 1.165) is 64.5 Å². The van der Waals surface area contributed by atoms with Gasteiger partial charge in [-0.1, -0.05) is 55.4 Å². The van der Waals surface area contributed by atoms with Crippen molar-refractivity contribution in [1.82, 2.24) is 9.80 Å². The van der Waals surface area contributed by atoms with Crippen LogP contribution in [0.2, 0.25) is 0 Å². The van der Waals surface area contributed by atoms with Crippen LogP contribution in [-0.4, -0.2) is 102 Å². The average Bonchev–Trinajstić information content (AvgIpc) is 3.68. The number of hydrogen-bond donors (Lipinski definition) is 2. The molecule has 8 aliphatic rings. The molecule has 2 spiro atoms. The standard InChI is InChI=1S/C42H69N3O7/c1-24(2)20-31(46)45-18-19-49-32(22-45)51-30-12-13-40-23-41(40)15-14-39(8)33-26(5)21-27(34(25(3)4)52-37(48)44-16-9-17-44)50-35(33)36(47)42(39,43)29(41)11-10-28(40)38(30,6)7/h24-30,32-36,47H,9-23,43H2,1-8H3. The fraction of sp³-hybridized carbons (Fsp3) is 0.952. The van der Waals surface area contributed by atoms with E-state index in [9.17, 15) is 14.7 Å². The van der Waals surface area contributed by atoms with Crippen molar-refractivity contribution in [3.63, 3.8) is 0 Å². The highest BCUT2D eigenvalue weighted by atomic mass is 16.7. The van der Waals surface area contributed by atoms with Crippen molar-refractivity contribution in [2.75, 3.05) is 32.8 Å². The van der Waals surface area contributed by atoms with Crippen LogP contribution in [-0.2, 0) is 23.7 Å². The minimum atomic E-state index is -0.763. The van der Waals surface area contributed by atoms with Gasteiger partial charge in [0, 0.05) is 26.1 Å². The zero-order valence-electron chi connectivity index (χ0n) is 33.4. The van der Waals surface area contributed by atoms with E-state index >= 15 is 0 Å². The number of hydrogen-bond acceptors (Lipinski definition) is 8. The van der Waals surface area contributed by atoms with E-state index in [4.69, 9.17) is 24.7 Å². The molecule has 0 aromatic carbocycles. The van der Waals surface area contributed by atoms with Gasteiger partial charge in [-0.05, 0) is 115 Å². The van der Waals surface area contributed by atoms with Gasteiger partial charge < -0.3 is 39.6 Å². The summed E-state index contributed by atoms with van der Waals surface area (Å²) in [5.41, 5.74) is 7.21. The number of aliphatic hydroxyl groups is 1. The van der Waals surface area contributed by atoms with Crippen molar-refractivity contribution in [2.45, 2.75) is 162 Å². The third-order valence-corrected chi connectivity index (χ3v) is 16.9. The van der Waals surface area contributed by atoms with Crippen LogP contribution in [0.25, 0.3) is 0 Å². The van der Waals surface area contributed by atoms with Crippen LogP contribution in [0.1, 0.15) is 120 Å². The minimum Gasteiger partial charge on any atom is -0.443 e. The van der Waals surface area contributed by atoms with Gasteiger partial charge >= 0.3 is 6.09 Å². The Bertz CT molecular complexity index is 1400. The number of likely N-dealkylation sites (tertiary alicyclic amines) is 1. The van der Waals surface area contributed by atoms with E-state index < -0.39 is 11.6 Å². The maximum absolute atomic E-state index is 13.0. The van der Waals surface area contributed by atoms with Gasteiger partial charge in [-0.2, -0.15) is 0 Å². The molecule has 14 atom stereocenters. The lowest BCUT2D eigenvalue weighted by atomic mass is 9.43. The molecule has 0 aromatic heterocycles. The molecule has 14 unspecified atom stereocenters. The molecule has 2 amide bonds. The summed E-state index contributed by atoms with van der Waals surface area (Å²) in [6.45, 7) is 21.1. The van der Waals surface area contributed by atoms with E-state index in [1.807, 2.05) is 4.90 Å². The normalized spacial score (nSPS) is 48.1. The van der Waals surface area contributed by atoms with Crippen molar-refractivity contribution < 1.29 is 33.6 Å². The first-order chi connectivity index (χ1) is 24.5. The Morgan fingerprint density at radius 1 is 0.962 bits per heavy atom. The van der Waals surface area contributed by atoms with Crippen LogP contribution in [0, 0.1) is 57.2 Å². The molecule has 3 aliphatic heterocycles. The van der Waals surface area contributed by atoms with Crippen LogP contribution in [0.5, 0.6) is 0 Å². The number of amides is 2. The predicted octanol–water partition coefficient (Wildman–Crippen LogP) is 5.97.